The number of nitrogens with one attached hydrogen (secondary N) is 2. The lowest BCUT2D eigenvalue weighted by molar-refractivity contribution is -0.120. The molecule has 0 spiro atoms. The van der Waals surface area contributed by atoms with Gasteiger partial charge in [-0.1, -0.05) is 19.8 Å². The fourth-order valence-electron chi connectivity index (χ4n) is 3.40. The van der Waals surface area contributed by atoms with Crippen LogP contribution in [0.2, 0.25) is 0 Å². The van der Waals surface area contributed by atoms with Gasteiger partial charge in [-0.2, -0.15) is 0 Å². The van der Waals surface area contributed by atoms with E-state index in [9.17, 15) is 9.59 Å². The maximum atomic E-state index is 11.8. The van der Waals surface area contributed by atoms with Crippen LogP contribution in [0.15, 0.2) is 0 Å². The fourth-order valence-corrected chi connectivity index (χ4v) is 3.40. The number of nitrogens with two attached hydrogens (primary N) is 1. The number of rotatable bonds is 7. The molecular formula is C15H28N4O2. The third-order valence-corrected chi connectivity index (χ3v) is 4.69. The topological polar surface area (TPSA) is 87.5 Å². The number of primary amides is 1. The SMILES string of the molecule is CCCC1CN(CC2CCC2)CC1NC(=O)CNC(N)=O. The molecule has 1 heterocycles. The van der Waals surface area contributed by atoms with Crippen molar-refractivity contribution in [3.8, 4) is 0 Å². The summed E-state index contributed by atoms with van der Waals surface area (Å²) in [5.74, 6) is 1.23. The smallest absolute Gasteiger partial charge is 0.312 e. The van der Waals surface area contributed by atoms with Gasteiger partial charge in [0.05, 0.1) is 6.54 Å². The summed E-state index contributed by atoms with van der Waals surface area (Å²) >= 11 is 0. The zero-order valence-corrected chi connectivity index (χ0v) is 12.9. The Hall–Kier alpha value is -1.30. The van der Waals surface area contributed by atoms with Crippen LogP contribution in [0, 0.1) is 11.8 Å². The maximum absolute atomic E-state index is 11.8. The molecule has 2 aliphatic rings. The van der Waals surface area contributed by atoms with E-state index in [-0.39, 0.29) is 18.5 Å². The van der Waals surface area contributed by atoms with Crippen molar-refractivity contribution in [2.75, 3.05) is 26.2 Å². The van der Waals surface area contributed by atoms with Crippen molar-refractivity contribution in [3.05, 3.63) is 0 Å². The average molecular weight is 296 g/mol. The van der Waals surface area contributed by atoms with Gasteiger partial charge in [0.15, 0.2) is 0 Å². The second kappa shape index (κ2) is 7.64. The van der Waals surface area contributed by atoms with Crippen LogP contribution in [0.1, 0.15) is 39.0 Å². The molecule has 21 heavy (non-hydrogen) atoms. The molecule has 6 nitrogen and oxygen atoms in total. The Kier molecular flexibility index (Phi) is 5.85. The number of nitrogens with zero attached hydrogens (tertiary/aromatic N) is 1. The predicted octanol–water partition coefficient (Wildman–Crippen LogP) is 0.672. The van der Waals surface area contributed by atoms with Gasteiger partial charge in [0, 0.05) is 25.7 Å². The lowest BCUT2D eigenvalue weighted by atomic mass is 9.85. The first-order valence-electron chi connectivity index (χ1n) is 8.13. The normalized spacial score (nSPS) is 26.3. The molecule has 0 aromatic carbocycles. The third-order valence-electron chi connectivity index (χ3n) is 4.69. The maximum Gasteiger partial charge on any atom is 0.312 e. The number of carbonyl (C=O) groups is 2. The number of hydrogen-bond donors (Lipinski definition) is 3. The van der Waals surface area contributed by atoms with Gasteiger partial charge in [-0.3, -0.25) is 4.79 Å². The molecule has 2 atom stereocenters. The van der Waals surface area contributed by atoms with Gasteiger partial charge in [0.25, 0.3) is 0 Å². The van der Waals surface area contributed by atoms with Gasteiger partial charge < -0.3 is 21.3 Å². The van der Waals surface area contributed by atoms with Gasteiger partial charge in [-0.15, -0.1) is 0 Å². The van der Waals surface area contributed by atoms with Gasteiger partial charge in [-0.05, 0) is 31.1 Å². The summed E-state index contributed by atoms with van der Waals surface area (Å²) in [6, 6.07) is -0.458. The van der Waals surface area contributed by atoms with Crippen LogP contribution in [0.25, 0.3) is 0 Å². The zero-order valence-electron chi connectivity index (χ0n) is 12.9. The lowest BCUT2D eigenvalue weighted by Gasteiger charge is -2.30. The Morgan fingerprint density at radius 1 is 1.29 bits per heavy atom. The summed E-state index contributed by atoms with van der Waals surface area (Å²) in [6.45, 7) is 5.34. The standard InChI is InChI=1S/C15H28N4O2/c1-2-4-12-9-19(8-11-5-3-6-11)10-13(12)18-14(20)7-17-15(16)21/h11-13H,2-10H2,1H3,(H,18,20)(H3,16,17,21). The van der Waals surface area contributed by atoms with Crippen molar-refractivity contribution >= 4 is 11.9 Å². The van der Waals surface area contributed by atoms with Crippen LogP contribution < -0.4 is 16.4 Å². The van der Waals surface area contributed by atoms with E-state index >= 15 is 0 Å². The Bertz CT molecular complexity index is 371. The Morgan fingerprint density at radius 3 is 2.62 bits per heavy atom. The second-order valence-electron chi connectivity index (χ2n) is 6.46. The molecular weight excluding hydrogens is 268 g/mol. The molecule has 0 bridgehead atoms. The summed E-state index contributed by atoms with van der Waals surface area (Å²) in [7, 11) is 0. The lowest BCUT2D eigenvalue weighted by Crippen LogP contribution is -2.46. The molecule has 2 unspecified atom stereocenters. The van der Waals surface area contributed by atoms with Crippen LogP contribution in [0.3, 0.4) is 0 Å². The highest BCUT2D eigenvalue weighted by Crippen LogP contribution is 2.30. The van der Waals surface area contributed by atoms with Gasteiger partial charge >= 0.3 is 6.03 Å². The minimum absolute atomic E-state index is 0.0344. The Morgan fingerprint density at radius 2 is 2.05 bits per heavy atom. The second-order valence-corrected chi connectivity index (χ2v) is 6.46. The van der Waals surface area contributed by atoms with E-state index in [0.717, 1.165) is 31.8 Å². The minimum atomic E-state index is -0.659. The molecule has 120 valence electrons. The molecule has 2 fully saturated rings. The molecule has 4 N–H and O–H groups in total. The van der Waals surface area contributed by atoms with Crippen molar-refractivity contribution in [2.45, 2.75) is 45.1 Å². The van der Waals surface area contributed by atoms with Gasteiger partial charge in [0.1, 0.15) is 0 Å². The Labute approximate surface area is 126 Å². The number of likely N-dealkylation sites (tertiary alicyclic amines) is 1. The number of urea groups is 1. The molecule has 1 aliphatic carbocycles. The van der Waals surface area contributed by atoms with E-state index in [0.29, 0.717) is 5.92 Å². The van der Waals surface area contributed by atoms with Crippen molar-refractivity contribution in [1.82, 2.24) is 15.5 Å². The quantitative estimate of drug-likeness (QED) is 0.645. The van der Waals surface area contributed by atoms with Gasteiger partial charge in [0.2, 0.25) is 5.91 Å². The zero-order chi connectivity index (χ0) is 15.2. The molecule has 0 aromatic heterocycles. The summed E-state index contributed by atoms with van der Waals surface area (Å²) in [5, 5.41) is 5.40. The van der Waals surface area contributed by atoms with Crippen molar-refractivity contribution in [1.29, 1.82) is 0 Å². The van der Waals surface area contributed by atoms with Gasteiger partial charge in [-0.25, -0.2) is 4.79 Å². The highest BCUT2D eigenvalue weighted by molar-refractivity contribution is 5.83. The van der Waals surface area contributed by atoms with E-state index < -0.39 is 6.03 Å². The van der Waals surface area contributed by atoms with Crippen LogP contribution in [-0.2, 0) is 4.79 Å². The van der Waals surface area contributed by atoms with E-state index in [1.165, 1.54) is 25.8 Å². The van der Waals surface area contributed by atoms with E-state index in [4.69, 9.17) is 5.73 Å². The number of amides is 3. The van der Waals surface area contributed by atoms with E-state index in [1.807, 2.05) is 0 Å². The molecule has 1 saturated carbocycles. The van der Waals surface area contributed by atoms with Crippen LogP contribution >= 0.6 is 0 Å². The van der Waals surface area contributed by atoms with Crippen LogP contribution in [-0.4, -0.2) is 49.1 Å². The molecule has 1 aliphatic heterocycles. The molecule has 0 radical (unpaired) electrons. The van der Waals surface area contributed by atoms with Crippen molar-refractivity contribution in [3.63, 3.8) is 0 Å². The van der Waals surface area contributed by atoms with Crippen LogP contribution in [0.5, 0.6) is 0 Å². The summed E-state index contributed by atoms with van der Waals surface area (Å²) in [6.07, 6.45) is 6.35. The summed E-state index contributed by atoms with van der Waals surface area (Å²) < 4.78 is 0. The van der Waals surface area contributed by atoms with E-state index in [2.05, 4.69) is 22.5 Å². The monoisotopic (exact) mass is 296 g/mol. The molecule has 2 rings (SSSR count). The highest BCUT2D eigenvalue weighted by Gasteiger charge is 2.34. The minimum Gasteiger partial charge on any atom is -0.352 e. The largest absolute Gasteiger partial charge is 0.352 e. The summed E-state index contributed by atoms with van der Waals surface area (Å²) in [5.41, 5.74) is 4.98. The van der Waals surface area contributed by atoms with Crippen molar-refractivity contribution in [2.24, 2.45) is 17.6 Å². The van der Waals surface area contributed by atoms with E-state index in [1.54, 1.807) is 0 Å². The first-order valence-corrected chi connectivity index (χ1v) is 8.13. The fraction of sp³-hybridized carbons (Fsp3) is 0.867. The molecule has 0 aromatic rings. The van der Waals surface area contributed by atoms with Crippen molar-refractivity contribution < 1.29 is 9.59 Å². The third kappa shape index (κ3) is 4.88. The summed E-state index contributed by atoms with van der Waals surface area (Å²) in [4.78, 5) is 25.0. The molecule has 3 amide bonds. The number of carbonyl (C=O) groups excluding carboxylic acids is 2. The Balaban J connectivity index is 1.80. The predicted molar refractivity (Wildman–Crippen MR) is 81.7 cm³/mol. The van der Waals surface area contributed by atoms with Crippen LogP contribution in [0.4, 0.5) is 4.79 Å². The first kappa shape index (κ1) is 16.1. The highest BCUT2D eigenvalue weighted by atomic mass is 16.2. The first-order chi connectivity index (χ1) is 10.1. The number of hydrogen-bond acceptors (Lipinski definition) is 3. The molecule has 6 heteroatoms. The average Bonchev–Trinajstić information content (AvgIpc) is 2.74. The molecule has 1 saturated heterocycles.